The van der Waals surface area contributed by atoms with Gasteiger partial charge in [0.15, 0.2) is 0 Å². The summed E-state index contributed by atoms with van der Waals surface area (Å²) in [6.07, 6.45) is 1.29. The Kier molecular flexibility index (Phi) is 6.15. The van der Waals surface area contributed by atoms with E-state index in [1.54, 1.807) is 26.0 Å². The van der Waals surface area contributed by atoms with Crippen LogP contribution in [0.4, 0.5) is 0 Å². The van der Waals surface area contributed by atoms with E-state index in [1.807, 2.05) is 4.90 Å². The Labute approximate surface area is 167 Å². The van der Waals surface area contributed by atoms with Gasteiger partial charge < -0.3 is 9.80 Å². The van der Waals surface area contributed by atoms with Crippen LogP contribution in [-0.2, 0) is 14.8 Å². The molecule has 0 aromatic heterocycles. The summed E-state index contributed by atoms with van der Waals surface area (Å²) < 4.78 is 28.0. The Bertz CT molecular complexity index is 820. The lowest BCUT2D eigenvalue weighted by Gasteiger charge is -2.36. The van der Waals surface area contributed by atoms with Gasteiger partial charge in [0.25, 0.3) is 0 Å². The SMILES string of the molecule is CCN1CCN(C(=O)[C@@H]2CCCN2S(=O)(=O)c2cc(C)c(Cl)cc2C)CC1. The van der Waals surface area contributed by atoms with E-state index in [0.717, 1.165) is 25.2 Å². The quantitative estimate of drug-likeness (QED) is 0.759. The van der Waals surface area contributed by atoms with Gasteiger partial charge in [-0.2, -0.15) is 4.31 Å². The number of hydrogen-bond donors (Lipinski definition) is 0. The van der Waals surface area contributed by atoms with Crippen molar-refractivity contribution in [3.8, 4) is 0 Å². The monoisotopic (exact) mass is 413 g/mol. The number of amides is 1. The number of nitrogens with zero attached hydrogens (tertiary/aromatic N) is 3. The van der Waals surface area contributed by atoms with Crippen LogP contribution in [-0.4, -0.2) is 73.7 Å². The average Bonchev–Trinajstić information content (AvgIpc) is 3.14. The van der Waals surface area contributed by atoms with Gasteiger partial charge in [0.1, 0.15) is 6.04 Å². The number of likely N-dealkylation sites (N-methyl/N-ethyl adjacent to an activating group) is 1. The van der Waals surface area contributed by atoms with E-state index in [9.17, 15) is 13.2 Å². The summed E-state index contributed by atoms with van der Waals surface area (Å²) in [5, 5.41) is 0.550. The Balaban J connectivity index is 1.83. The maximum Gasteiger partial charge on any atom is 0.244 e. The van der Waals surface area contributed by atoms with E-state index in [0.29, 0.717) is 43.1 Å². The van der Waals surface area contributed by atoms with Crippen molar-refractivity contribution >= 4 is 27.5 Å². The van der Waals surface area contributed by atoms with Crippen LogP contribution in [0.2, 0.25) is 5.02 Å². The second kappa shape index (κ2) is 8.07. The number of piperazine rings is 1. The van der Waals surface area contributed by atoms with Gasteiger partial charge in [0, 0.05) is 37.7 Å². The summed E-state index contributed by atoms with van der Waals surface area (Å²) in [6, 6.07) is 2.70. The molecule has 6 nitrogen and oxygen atoms in total. The number of rotatable bonds is 4. The smallest absolute Gasteiger partial charge is 0.244 e. The summed E-state index contributed by atoms with van der Waals surface area (Å²) in [7, 11) is -3.74. The number of aryl methyl sites for hydroxylation is 2. The van der Waals surface area contributed by atoms with E-state index in [1.165, 1.54) is 4.31 Å². The molecule has 0 bridgehead atoms. The summed E-state index contributed by atoms with van der Waals surface area (Å²) >= 11 is 6.13. The van der Waals surface area contributed by atoms with Crippen molar-refractivity contribution in [3.63, 3.8) is 0 Å². The van der Waals surface area contributed by atoms with Crippen LogP contribution in [0.25, 0.3) is 0 Å². The molecule has 1 aromatic carbocycles. The molecule has 0 aliphatic carbocycles. The third-order valence-corrected chi connectivity index (χ3v) is 8.12. The third-order valence-electron chi connectivity index (χ3n) is 5.66. The van der Waals surface area contributed by atoms with Crippen LogP contribution in [0.3, 0.4) is 0 Å². The highest BCUT2D eigenvalue weighted by molar-refractivity contribution is 7.89. The van der Waals surface area contributed by atoms with Crippen LogP contribution in [0, 0.1) is 13.8 Å². The lowest BCUT2D eigenvalue weighted by Crippen LogP contribution is -2.54. The molecule has 0 unspecified atom stereocenters. The first-order valence-electron chi connectivity index (χ1n) is 9.55. The lowest BCUT2D eigenvalue weighted by atomic mass is 10.2. The minimum Gasteiger partial charge on any atom is -0.339 e. The van der Waals surface area contributed by atoms with Crippen molar-refractivity contribution in [1.29, 1.82) is 0 Å². The van der Waals surface area contributed by atoms with Gasteiger partial charge in [0.2, 0.25) is 15.9 Å². The first-order chi connectivity index (χ1) is 12.8. The number of carbonyl (C=O) groups is 1. The zero-order valence-corrected chi connectivity index (χ0v) is 17.8. The van der Waals surface area contributed by atoms with E-state index >= 15 is 0 Å². The number of benzene rings is 1. The van der Waals surface area contributed by atoms with Crippen LogP contribution in [0.1, 0.15) is 30.9 Å². The molecule has 1 aromatic rings. The Hall–Kier alpha value is -1.15. The zero-order valence-electron chi connectivity index (χ0n) is 16.2. The fourth-order valence-corrected chi connectivity index (χ4v) is 6.09. The molecule has 3 rings (SSSR count). The molecule has 1 atom stereocenters. The molecule has 8 heteroatoms. The van der Waals surface area contributed by atoms with Crippen LogP contribution in [0.5, 0.6) is 0 Å². The molecule has 0 saturated carbocycles. The van der Waals surface area contributed by atoms with Gasteiger partial charge in [-0.15, -0.1) is 0 Å². The lowest BCUT2D eigenvalue weighted by molar-refractivity contribution is -0.136. The molecule has 27 heavy (non-hydrogen) atoms. The molecule has 2 aliphatic heterocycles. The topological polar surface area (TPSA) is 60.9 Å². The Morgan fingerprint density at radius 1 is 1.11 bits per heavy atom. The number of sulfonamides is 1. The summed E-state index contributed by atoms with van der Waals surface area (Å²) in [4.78, 5) is 17.4. The first kappa shape index (κ1) is 20.6. The highest BCUT2D eigenvalue weighted by Gasteiger charge is 2.42. The predicted molar refractivity (Wildman–Crippen MR) is 107 cm³/mol. The highest BCUT2D eigenvalue weighted by Crippen LogP contribution is 2.31. The summed E-state index contributed by atoms with van der Waals surface area (Å²) in [5.41, 5.74) is 1.33. The van der Waals surface area contributed by atoms with Crippen molar-refractivity contribution in [3.05, 3.63) is 28.3 Å². The third kappa shape index (κ3) is 4.01. The molecule has 150 valence electrons. The van der Waals surface area contributed by atoms with Gasteiger partial charge >= 0.3 is 0 Å². The molecule has 2 aliphatic rings. The van der Waals surface area contributed by atoms with Gasteiger partial charge in [-0.1, -0.05) is 18.5 Å². The van der Waals surface area contributed by atoms with Gasteiger partial charge in [-0.25, -0.2) is 8.42 Å². The summed E-state index contributed by atoms with van der Waals surface area (Å²) in [6.45, 7) is 10.0. The van der Waals surface area contributed by atoms with Crippen LogP contribution >= 0.6 is 11.6 Å². The molecule has 2 saturated heterocycles. The van der Waals surface area contributed by atoms with Crippen molar-refractivity contribution in [2.75, 3.05) is 39.3 Å². The van der Waals surface area contributed by atoms with E-state index in [4.69, 9.17) is 11.6 Å². The fraction of sp³-hybridized carbons (Fsp3) is 0.632. The molecule has 2 heterocycles. The minimum absolute atomic E-state index is 0.0600. The normalized spacial score (nSPS) is 22.4. The fourth-order valence-electron chi connectivity index (χ4n) is 3.93. The number of carbonyl (C=O) groups excluding carboxylic acids is 1. The largest absolute Gasteiger partial charge is 0.339 e. The van der Waals surface area contributed by atoms with Gasteiger partial charge in [-0.05, 0) is 56.5 Å². The van der Waals surface area contributed by atoms with E-state index < -0.39 is 16.1 Å². The Morgan fingerprint density at radius 2 is 1.78 bits per heavy atom. The van der Waals surface area contributed by atoms with Gasteiger partial charge in [0.05, 0.1) is 4.90 Å². The molecule has 0 radical (unpaired) electrons. The highest BCUT2D eigenvalue weighted by atomic mass is 35.5. The predicted octanol–water partition coefficient (Wildman–Crippen LogP) is 2.27. The van der Waals surface area contributed by atoms with Crippen LogP contribution < -0.4 is 0 Å². The molecular weight excluding hydrogens is 386 g/mol. The Morgan fingerprint density at radius 3 is 2.41 bits per heavy atom. The standard InChI is InChI=1S/C19H28ClN3O3S/c1-4-21-8-10-22(11-9-21)19(24)17-6-5-7-23(17)27(25,26)18-13-14(2)16(20)12-15(18)3/h12-13,17H,4-11H2,1-3H3/t17-/m0/s1. The minimum atomic E-state index is -3.74. The second-order valence-electron chi connectivity index (χ2n) is 7.40. The maximum absolute atomic E-state index is 13.3. The molecule has 0 spiro atoms. The molecule has 2 fully saturated rings. The van der Waals surface area contributed by atoms with Crippen molar-refractivity contribution < 1.29 is 13.2 Å². The van der Waals surface area contributed by atoms with Crippen molar-refractivity contribution in [2.45, 2.75) is 44.6 Å². The van der Waals surface area contributed by atoms with Gasteiger partial charge in [-0.3, -0.25) is 4.79 Å². The summed E-state index contributed by atoms with van der Waals surface area (Å²) in [5.74, 6) is -0.0600. The van der Waals surface area contributed by atoms with E-state index in [2.05, 4.69) is 11.8 Å². The van der Waals surface area contributed by atoms with Crippen molar-refractivity contribution in [1.82, 2.24) is 14.1 Å². The first-order valence-corrected chi connectivity index (χ1v) is 11.4. The molecule has 1 amide bonds. The average molecular weight is 414 g/mol. The number of halogens is 1. The maximum atomic E-state index is 13.3. The molecular formula is C19H28ClN3O3S. The van der Waals surface area contributed by atoms with E-state index in [-0.39, 0.29) is 10.8 Å². The van der Waals surface area contributed by atoms with Crippen LogP contribution in [0.15, 0.2) is 17.0 Å². The zero-order chi connectivity index (χ0) is 19.8. The number of hydrogen-bond acceptors (Lipinski definition) is 4. The molecule has 0 N–H and O–H groups in total. The van der Waals surface area contributed by atoms with Crippen molar-refractivity contribution in [2.24, 2.45) is 0 Å². The second-order valence-corrected chi connectivity index (χ2v) is 9.67.